The number of nitrogens with one attached hydrogen (secondary N) is 1. The average Bonchev–Trinajstić information content (AvgIpc) is 2.60. The van der Waals surface area contributed by atoms with E-state index >= 15 is 0 Å². The minimum atomic E-state index is -0.324. The number of esters is 1. The number of benzene rings is 1. The number of rotatable bonds is 6. The molecule has 0 aromatic heterocycles. The normalized spacial score (nSPS) is 17.5. The molecule has 1 heterocycles. The molecule has 1 amide bonds. The number of hydrogen-bond donors (Lipinski definition) is 1. The fourth-order valence-corrected chi connectivity index (χ4v) is 2.97. The van der Waals surface area contributed by atoms with Crippen LogP contribution in [-0.2, 0) is 20.7 Å². The van der Waals surface area contributed by atoms with Crippen molar-refractivity contribution in [3.05, 3.63) is 35.9 Å². The summed E-state index contributed by atoms with van der Waals surface area (Å²) in [5, 5.41) is 2.44. The Hall–Kier alpha value is -1.88. The number of ether oxygens (including phenoxy) is 1. The van der Waals surface area contributed by atoms with Crippen molar-refractivity contribution in [2.24, 2.45) is 5.92 Å². The largest absolute Gasteiger partial charge is 0.454 e. The van der Waals surface area contributed by atoms with Gasteiger partial charge in [0.05, 0.1) is 0 Å². The number of carbonyl (C=O) groups excluding carboxylic acids is 2. The number of nitrogens with zero attached hydrogens (tertiary/aromatic N) is 1. The van der Waals surface area contributed by atoms with Gasteiger partial charge in [0.1, 0.15) is 6.04 Å². The van der Waals surface area contributed by atoms with Gasteiger partial charge in [0.15, 0.2) is 6.61 Å². The van der Waals surface area contributed by atoms with E-state index in [1.807, 2.05) is 13.0 Å². The summed E-state index contributed by atoms with van der Waals surface area (Å²) in [5.74, 6) is 0.0602. The van der Waals surface area contributed by atoms with Crippen LogP contribution in [0.4, 0.5) is 0 Å². The number of carbonyl (C=O) groups is 2. The van der Waals surface area contributed by atoms with Crippen molar-refractivity contribution in [3.63, 3.8) is 0 Å². The monoisotopic (exact) mass is 318 g/mol. The van der Waals surface area contributed by atoms with Crippen molar-refractivity contribution in [2.75, 3.05) is 26.7 Å². The molecule has 0 radical (unpaired) electrons. The molecule has 1 aromatic rings. The Morgan fingerprint density at radius 2 is 1.91 bits per heavy atom. The number of hydrogen-bond acceptors (Lipinski definition) is 4. The highest BCUT2D eigenvalue weighted by Gasteiger charge is 2.27. The number of piperidine rings is 1. The molecule has 0 saturated carbocycles. The van der Waals surface area contributed by atoms with Gasteiger partial charge in [-0.3, -0.25) is 14.5 Å². The third-order valence-corrected chi connectivity index (χ3v) is 4.53. The smallest absolute Gasteiger partial charge is 0.323 e. The van der Waals surface area contributed by atoms with Crippen molar-refractivity contribution in [1.29, 1.82) is 0 Å². The lowest BCUT2D eigenvalue weighted by Crippen LogP contribution is -2.45. The average molecular weight is 318 g/mol. The zero-order chi connectivity index (χ0) is 16.7. The van der Waals surface area contributed by atoms with E-state index in [1.54, 1.807) is 0 Å². The SMILES string of the molecule is CNC(=O)COC(=O)C(C)N1CCC(Cc2ccccc2)CC1. The van der Waals surface area contributed by atoms with Gasteiger partial charge in [-0.2, -0.15) is 0 Å². The molecule has 23 heavy (non-hydrogen) atoms. The van der Waals surface area contributed by atoms with Gasteiger partial charge < -0.3 is 10.1 Å². The van der Waals surface area contributed by atoms with Gasteiger partial charge in [0, 0.05) is 7.05 Å². The van der Waals surface area contributed by atoms with Gasteiger partial charge >= 0.3 is 5.97 Å². The summed E-state index contributed by atoms with van der Waals surface area (Å²) < 4.78 is 5.04. The molecular weight excluding hydrogens is 292 g/mol. The molecule has 1 aliphatic rings. The Kier molecular flexibility index (Phi) is 6.59. The standard InChI is InChI=1S/C18H26N2O3/c1-14(18(22)23-13-17(21)19-2)20-10-8-16(9-11-20)12-15-6-4-3-5-7-15/h3-7,14,16H,8-13H2,1-2H3,(H,19,21). The Balaban J connectivity index is 1.75. The van der Waals surface area contributed by atoms with Crippen LogP contribution in [0.2, 0.25) is 0 Å². The first-order valence-electron chi connectivity index (χ1n) is 8.25. The van der Waals surface area contributed by atoms with Crippen LogP contribution >= 0.6 is 0 Å². The van der Waals surface area contributed by atoms with Crippen LogP contribution in [0.3, 0.4) is 0 Å². The molecule has 1 atom stereocenters. The summed E-state index contributed by atoms with van der Waals surface area (Å²) >= 11 is 0. The van der Waals surface area contributed by atoms with Gasteiger partial charge in [-0.05, 0) is 50.8 Å². The topological polar surface area (TPSA) is 58.6 Å². The molecule has 1 unspecified atom stereocenters. The zero-order valence-electron chi connectivity index (χ0n) is 14.0. The van der Waals surface area contributed by atoms with Crippen molar-refractivity contribution >= 4 is 11.9 Å². The fraction of sp³-hybridized carbons (Fsp3) is 0.556. The summed E-state index contributed by atoms with van der Waals surface area (Å²) in [6.45, 7) is 3.44. The van der Waals surface area contributed by atoms with E-state index in [4.69, 9.17) is 4.74 Å². The molecular formula is C18H26N2O3. The quantitative estimate of drug-likeness (QED) is 0.810. The molecule has 5 nitrogen and oxygen atoms in total. The molecule has 0 aliphatic carbocycles. The highest BCUT2D eigenvalue weighted by Crippen LogP contribution is 2.23. The van der Waals surface area contributed by atoms with Crippen molar-refractivity contribution in [3.8, 4) is 0 Å². The summed E-state index contributed by atoms with van der Waals surface area (Å²) in [6, 6.07) is 10.2. The molecule has 1 fully saturated rings. The van der Waals surface area contributed by atoms with E-state index in [1.165, 1.54) is 12.6 Å². The predicted octanol–water partition coefficient (Wildman–Crippen LogP) is 1.62. The van der Waals surface area contributed by atoms with E-state index < -0.39 is 0 Å². The lowest BCUT2D eigenvalue weighted by molar-refractivity contribution is -0.153. The lowest BCUT2D eigenvalue weighted by atomic mass is 9.89. The molecule has 5 heteroatoms. The number of amides is 1. The van der Waals surface area contributed by atoms with Gasteiger partial charge in [-0.25, -0.2) is 0 Å². The highest BCUT2D eigenvalue weighted by atomic mass is 16.5. The molecule has 126 valence electrons. The first kappa shape index (κ1) is 17.5. The Morgan fingerprint density at radius 1 is 1.26 bits per heavy atom. The van der Waals surface area contributed by atoms with E-state index in [0.29, 0.717) is 5.92 Å². The maximum Gasteiger partial charge on any atom is 0.323 e. The van der Waals surface area contributed by atoms with Crippen LogP contribution < -0.4 is 5.32 Å². The minimum absolute atomic E-state index is 0.204. The molecule has 1 aromatic carbocycles. The van der Waals surface area contributed by atoms with Crippen LogP contribution in [-0.4, -0.2) is 49.6 Å². The summed E-state index contributed by atoms with van der Waals surface area (Å²) in [5.41, 5.74) is 1.38. The van der Waals surface area contributed by atoms with Gasteiger partial charge in [0.25, 0.3) is 5.91 Å². The van der Waals surface area contributed by atoms with Crippen LogP contribution in [0.15, 0.2) is 30.3 Å². The van der Waals surface area contributed by atoms with E-state index in [2.05, 4.69) is 34.5 Å². The van der Waals surface area contributed by atoms with Gasteiger partial charge in [-0.15, -0.1) is 0 Å². The van der Waals surface area contributed by atoms with Crippen LogP contribution in [0, 0.1) is 5.92 Å². The molecule has 0 bridgehead atoms. The van der Waals surface area contributed by atoms with Crippen LogP contribution in [0.1, 0.15) is 25.3 Å². The molecule has 0 spiro atoms. The molecule has 1 N–H and O–H groups in total. The second kappa shape index (κ2) is 8.67. The van der Waals surface area contributed by atoms with Crippen molar-refractivity contribution in [1.82, 2.24) is 10.2 Å². The second-order valence-corrected chi connectivity index (χ2v) is 6.13. The molecule has 2 rings (SSSR count). The second-order valence-electron chi connectivity index (χ2n) is 6.13. The van der Waals surface area contributed by atoms with E-state index in [0.717, 1.165) is 32.4 Å². The third-order valence-electron chi connectivity index (χ3n) is 4.53. The van der Waals surface area contributed by atoms with Crippen LogP contribution in [0.5, 0.6) is 0 Å². The number of likely N-dealkylation sites (N-methyl/N-ethyl adjacent to an activating group) is 1. The van der Waals surface area contributed by atoms with Crippen molar-refractivity contribution < 1.29 is 14.3 Å². The Bertz CT molecular complexity index is 510. The summed E-state index contributed by atoms with van der Waals surface area (Å²) in [4.78, 5) is 25.3. The fourth-order valence-electron chi connectivity index (χ4n) is 2.97. The van der Waals surface area contributed by atoms with Crippen molar-refractivity contribution in [2.45, 2.75) is 32.2 Å². The first-order chi connectivity index (χ1) is 11.1. The zero-order valence-corrected chi connectivity index (χ0v) is 14.0. The summed E-state index contributed by atoms with van der Waals surface area (Å²) in [6.07, 6.45) is 3.27. The minimum Gasteiger partial charge on any atom is -0.454 e. The third kappa shape index (κ3) is 5.36. The van der Waals surface area contributed by atoms with E-state index in [9.17, 15) is 9.59 Å². The predicted molar refractivity (Wildman–Crippen MR) is 88.9 cm³/mol. The maximum absolute atomic E-state index is 12.0. The first-order valence-corrected chi connectivity index (χ1v) is 8.25. The van der Waals surface area contributed by atoms with E-state index in [-0.39, 0.29) is 24.5 Å². The summed E-state index contributed by atoms with van der Waals surface area (Å²) in [7, 11) is 1.52. The maximum atomic E-state index is 12.0. The van der Waals surface area contributed by atoms with Gasteiger partial charge in [-0.1, -0.05) is 30.3 Å². The Labute approximate surface area is 138 Å². The van der Waals surface area contributed by atoms with Crippen LogP contribution in [0.25, 0.3) is 0 Å². The molecule has 1 aliphatic heterocycles. The number of likely N-dealkylation sites (tertiary alicyclic amines) is 1. The molecule has 1 saturated heterocycles. The lowest BCUT2D eigenvalue weighted by Gasteiger charge is -2.35. The Morgan fingerprint density at radius 3 is 2.52 bits per heavy atom. The highest BCUT2D eigenvalue weighted by molar-refractivity contribution is 5.82. The van der Waals surface area contributed by atoms with Gasteiger partial charge in [0.2, 0.25) is 0 Å².